The summed E-state index contributed by atoms with van der Waals surface area (Å²) < 4.78 is 41.2. The van der Waals surface area contributed by atoms with E-state index in [4.69, 9.17) is 18.9 Å². The van der Waals surface area contributed by atoms with E-state index in [0.29, 0.717) is 10.5 Å². The van der Waals surface area contributed by atoms with Gasteiger partial charge >= 0.3 is 12.2 Å². The van der Waals surface area contributed by atoms with Crippen LogP contribution in [0.2, 0.25) is 0 Å². The van der Waals surface area contributed by atoms with Crippen molar-refractivity contribution in [3.05, 3.63) is 24.8 Å². The summed E-state index contributed by atoms with van der Waals surface area (Å²) in [6, 6.07) is -0.907. The zero-order valence-corrected chi connectivity index (χ0v) is 26.9. The fourth-order valence-electron chi connectivity index (χ4n) is 4.53. The van der Waals surface area contributed by atoms with Crippen molar-refractivity contribution in [2.75, 3.05) is 11.5 Å². The molecule has 12 heteroatoms. The fourth-order valence-corrected chi connectivity index (χ4v) is 4.53. The van der Waals surface area contributed by atoms with Crippen LogP contribution in [0, 0.1) is 5.92 Å². The van der Waals surface area contributed by atoms with E-state index >= 15 is 4.39 Å². The first-order valence-electron chi connectivity index (χ1n) is 14.1. The lowest BCUT2D eigenvalue weighted by Crippen LogP contribution is -2.44. The lowest BCUT2D eigenvalue weighted by atomic mass is 10.0. The lowest BCUT2D eigenvalue weighted by Gasteiger charge is -2.31. The SMILES string of the molecule is C=C1[C@@H](n2cnc3c(N(C(=O)OC(C)(C)C)C(=O)OC(C)(C)C)ncnc32)[C@@H](F)[C@H](OC(C)(C)C)[C@H]1COC(C)(C)C. The van der Waals surface area contributed by atoms with E-state index in [-0.39, 0.29) is 23.6 Å². The Balaban J connectivity index is 2.11. The first-order chi connectivity index (χ1) is 19.0. The molecule has 0 N–H and O–H groups in total. The monoisotopic (exact) mass is 591 g/mol. The average Bonchev–Trinajstić information content (AvgIpc) is 3.27. The van der Waals surface area contributed by atoms with Crippen LogP contribution in [0.5, 0.6) is 0 Å². The van der Waals surface area contributed by atoms with E-state index in [2.05, 4.69) is 21.5 Å². The van der Waals surface area contributed by atoms with Gasteiger partial charge in [-0.3, -0.25) is 0 Å². The quantitative estimate of drug-likeness (QED) is 0.356. The van der Waals surface area contributed by atoms with Crippen LogP contribution in [-0.4, -0.2) is 73.0 Å². The maximum absolute atomic E-state index is 16.4. The van der Waals surface area contributed by atoms with Crippen LogP contribution >= 0.6 is 0 Å². The summed E-state index contributed by atoms with van der Waals surface area (Å²) >= 11 is 0. The third kappa shape index (κ3) is 8.03. The van der Waals surface area contributed by atoms with Gasteiger partial charge in [0, 0.05) is 5.92 Å². The van der Waals surface area contributed by atoms with Gasteiger partial charge in [0.05, 0.1) is 30.2 Å². The van der Waals surface area contributed by atoms with Gasteiger partial charge in [0.1, 0.15) is 23.6 Å². The Labute approximate surface area is 247 Å². The van der Waals surface area contributed by atoms with Crippen LogP contribution < -0.4 is 4.90 Å². The fraction of sp³-hybridized carbons (Fsp3) is 0.700. The Bertz CT molecular complexity index is 1290. The molecule has 2 aromatic heterocycles. The minimum Gasteiger partial charge on any atom is -0.443 e. The number of alkyl halides is 1. The van der Waals surface area contributed by atoms with E-state index in [1.807, 2.05) is 41.5 Å². The molecule has 4 atom stereocenters. The van der Waals surface area contributed by atoms with E-state index in [0.717, 1.165) is 0 Å². The van der Waals surface area contributed by atoms with Gasteiger partial charge in [-0.2, -0.15) is 4.90 Å². The molecule has 11 nitrogen and oxygen atoms in total. The molecule has 0 bridgehead atoms. The number of fused-ring (bicyclic) bond motifs is 1. The highest BCUT2D eigenvalue weighted by Gasteiger charge is 2.50. The molecule has 2 amide bonds. The molecular formula is C30H46FN5O6. The predicted molar refractivity (Wildman–Crippen MR) is 157 cm³/mol. The molecule has 0 unspecified atom stereocenters. The molecule has 2 aromatic rings. The van der Waals surface area contributed by atoms with Crippen molar-refractivity contribution >= 4 is 29.2 Å². The summed E-state index contributed by atoms with van der Waals surface area (Å²) in [6.45, 7) is 25.9. The van der Waals surface area contributed by atoms with Gasteiger partial charge in [0.2, 0.25) is 0 Å². The zero-order valence-electron chi connectivity index (χ0n) is 26.9. The Kier molecular flexibility index (Phi) is 9.16. The summed E-state index contributed by atoms with van der Waals surface area (Å²) in [5.41, 5.74) is -2.09. The van der Waals surface area contributed by atoms with Crippen molar-refractivity contribution in [3.8, 4) is 0 Å². The molecule has 3 rings (SSSR count). The first kappa shape index (κ1) is 33.4. The van der Waals surface area contributed by atoms with Crippen LogP contribution in [0.1, 0.15) is 89.1 Å². The van der Waals surface area contributed by atoms with Crippen molar-refractivity contribution in [1.29, 1.82) is 0 Å². The van der Waals surface area contributed by atoms with Gasteiger partial charge in [-0.05, 0) is 88.7 Å². The van der Waals surface area contributed by atoms with Gasteiger partial charge in [-0.15, -0.1) is 0 Å². The van der Waals surface area contributed by atoms with Crippen LogP contribution in [0.3, 0.4) is 0 Å². The third-order valence-corrected chi connectivity index (χ3v) is 6.06. The molecule has 0 aliphatic heterocycles. The van der Waals surface area contributed by atoms with E-state index in [1.54, 1.807) is 41.5 Å². The maximum Gasteiger partial charge on any atom is 0.425 e. The second-order valence-corrected chi connectivity index (χ2v) is 14.5. The Morgan fingerprint density at radius 1 is 0.881 bits per heavy atom. The summed E-state index contributed by atoms with van der Waals surface area (Å²) in [6.07, 6.45) is -1.80. The molecule has 42 heavy (non-hydrogen) atoms. The van der Waals surface area contributed by atoms with Gasteiger partial charge in [-0.25, -0.2) is 28.9 Å². The topological polar surface area (TPSA) is 118 Å². The largest absolute Gasteiger partial charge is 0.443 e. The number of carbonyl (C=O) groups excluding carboxylic acids is 2. The van der Waals surface area contributed by atoms with Crippen molar-refractivity contribution in [1.82, 2.24) is 19.5 Å². The molecule has 0 spiro atoms. The Hall–Kier alpha value is -3.12. The number of nitrogens with zero attached hydrogens (tertiary/aromatic N) is 5. The van der Waals surface area contributed by atoms with E-state index < -0.39 is 58.8 Å². The van der Waals surface area contributed by atoms with Gasteiger partial charge < -0.3 is 23.5 Å². The molecule has 0 saturated heterocycles. The highest BCUT2D eigenvalue weighted by molar-refractivity contribution is 6.12. The Morgan fingerprint density at radius 3 is 1.90 bits per heavy atom. The second kappa shape index (κ2) is 11.5. The molecule has 2 heterocycles. The standard InChI is InChI=1S/C30H46FN5O6/c1-17-18(14-39-27(2,3)4)22(40-28(5,6)7)19(31)21(17)35-16-34-20-23(35)32-15-33-24(20)36(25(37)41-29(8,9)10)26(38)42-30(11,12)13/h15-16,18-19,21-22H,1,14H2,2-13H3/t18-,19+,21+,22+/m0/s1. The van der Waals surface area contributed by atoms with Crippen LogP contribution in [0.15, 0.2) is 24.8 Å². The summed E-state index contributed by atoms with van der Waals surface area (Å²) in [4.78, 5) is 40.2. The number of ether oxygens (including phenoxy) is 4. The maximum atomic E-state index is 16.4. The molecule has 0 aromatic carbocycles. The number of hydrogen-bond acceptors (Lipinski definition) is 9. The minimum atomic E-state index is -1.52. The van der Waals surface area contributed by atoms with Crippen molar-refractivity contribution in [3.63, 3.8) is 0 Å². The van der Waals surface area contributed by atoms with Gasteiger partial charge in [0.25, 0.3) is 0 Å². The highest BCUT2D eigenvalue weighted by Crippen LogP contribution is 2.46. The smallest absolute Gasteiger partial charge is 0.425 e. The third-order valence-electron chi connectivity index (χ3n) is 6.06. The number of imide groups is 1. The molecule has 234 valence electrons. The number of imidazole rings is 1. The highest BCUT2D eigenvalue weighted by atomic mass is 19.1. The summed E-state index contributed by atoms with van der Waals surface area (Å²) in [7, 11) is 0. The predicted octanol–water partition coefficient (Wildman–Crippen LogP) is 6.57. The van der Waals surface area contributed by atoms with Crippen LogP contribution in [0.25, 0.3) is 11.2 Å². The van der Waals surface area contributed by atoms with Gasteiger partial charge in [0.15, 0.2) is 23.2 Å². The molecule has 1 saturated carbocycles. The number of halogens is 1. The Morgan fingerprint density at radius 2 is 1.43 bits per heavy atom. The van der Waals surface area contributed by atoms with Crippen molar-refractivity contribution < 1.29 is 32.9 Å². The average molecular weight is 592 g/mol. The number of hydrogen-bond donors (Lipinski definition) is 0. The zero-order chi connectivity index (χ0) is 32.0. The van der Waals surface area contributed by atoms with Crippen molar-refractivity contribution in [2.24, 2.45) is 5.92 Å². The number of anilines is 1. The molecule has 1 aliphatic carbocycles. The molecule has 1 fully saturated rings. The van der Waals surface area contributed by atoms with Crippen LogP contribution in [0.4, 0.5) is 19.8 Å². The summed E-state index contributed by atoms with van der Waals surface area (Å²) in [5.74, 6) is -0.612. The van der Waals surface area contributed by atoms with Crippen molar-refractivity contribution in [2.45, 2.75) is 124 Å². The minimum absolute atomic E-state index is 0.0805. The van der Waals surface area contributed by atoms with E-state index in [1.165, 1.54) is 17.2 Å². The molecular weight excluding hydrogens is 545 g/mol. The first-order valence-corrected chi connectivity index (χ1v) is 14.1. The number of amides is 2. The number of rotatable bonds is 5. The number of aromatic nitrogens is 4. The second-order valence-electron chi connectivity index (χ2n) is 14.5. The molecule has 0 radical (unpaired) electrons. The van der Waals surface area contributed by atoms with Crippen LogP contribution in [-0.2, 0) is 18.9 Å². The van der Waals surface area contributed by atoms with Gasteiger partial charge in [-0.1, -0.05) is 6.58 Å². The molecule has 1 aliphatic rings. The number of carbonyl (C=O) groups is 2. The van der Waals surface area contributed by atoms with E-state index in [9.17, 15) is 9.59 Å². The normalized spacial score (nSPS) is 22.0. The summed E-state index contributed by atoms with van der Waals surface area (Å²) in [5, 5.41) is 0. The lowest BCUT2D eigenvalue weighted by molar-refractivity contribution is -0.118.